The third-order valence-corrected chi connectivity index (χ3v) is 5.63. The standard InChI is InChI=1S/C21H26N6O2/c1-2-29-19(28)5-4-18-25-17-14-24-21-16(6-10-23-21)20(17)27(18)15-7-12-26(13-8-15)11-3-9-22/h6,10,14-15H,2-5,7-8,11-13H2,1H3,(H,23,24). The fraction of sp³-hybridized carbons (Fsp3) is 0.524. The van der Waals surface area contributed by atoms with Crippen LogP contribution >= 0.6 is 0 Å². The Morgan fingerprint density at radius 3 is 3.00 bits per heavy atom. The number of ether oxygens (including phenoxy) is 1. The predicted octanol–water partition coefficient (Wildman–Crippen LogP) is 2.96. The lowest BCUT2D eigenvalue weighted by Crippen LogP contribution is -2.35. The Balaban J connectivity index is 1.66. The van der Waals surface area contributed by atoms with E-state index < -0.39 is 0 Å². The van der Waals surface area contributed by atoms with Crippen LogP contribution < -0.4 is 0 Å². The Labute approximate surface area is 169 Å². The maximum absolute atomic E-state index is 11.9. The van der Waals surface area contributed by atoms with Crippen LogP contribution in [0.15, 0.2) is 18.5 Å². The first-order chi connectivity index (χ1) is 14.2. The van der Waals surface area contributed by atoms with Crippen LogP contribution in [0.5, 0.6) is 0 Å². The van der Waals surface area contributed by atoms with Gasteiger partial charge in [0.05, 0.1) is 30.8 Å². The molecule has 4 rings (SSSR count). The number of fused-ring (bicyclic) bond motifs is 3. The van der Waals surface area contributed by atoms with Crippen LogP contribution in [0.1, 0.15) is 44.5 Å². The predicted molar refractivity (Wildman–Crippen MR) is 109 cm³/mol. The number of likely N-dealkylation sites (tertiary alicyclic amines) is 1. The molecule has 0 atom stereocenters. The normalized spacial score (nSPS) is 15.7. The zero-order valence-electron chi connectivity index (χ0n) is 16.7. The summed E-state index contributed by atoms with van der Waals surface area (Å²) in [7, 11) is 0. The second-order valence-corrected chi connectivity index (χ2v) is 7.42. The van der Waals surface area contributed by atoms with Crippen molar-refractivity contribution in [3.8, 4) is 6.07 Å². The first kappa shape index (κ1) is 19.4. The van der Waals surface area contributed by atoms with E-state index in [2.05, 4.69) is 25.5 Å². The molecule has 1 saturated heterocycles. The van der Waals surface area contributed by atoms with Crippen molar-refractivity contribution in [3.63, 3.8) is 0 Å². The fourth-order valence-corrected chi connectivity index (χ4v) is 4.27. The molecule has 0 saturated carbocycles. The monoisotopic (exact) mass is 394 g/mol. The number of nitrogens with one attached hydrogen (secondary N) is 1. The molecule has 0 spiro atoms. The number of pyridine rings is 1. The summed E-state index contributed by atoms with van der Waals surface area (Å²) in [6.45, 7) is 4.97. The summed E-state index contributed by atoms with van der Waals surface area (Å²) in [6.07, 6.45) is 7.14. The van der Waals surface area contributed by atoms with Gasteiger partial charge in [-0.05, 0) is 25.8 Å². The zero-order valence-corrected chi connectivity index (χ0v) is 16.7. The lowest BCUT2D eigenvalue weighted by molar-refractivity contribution is -0.143. The highest BCUT2D eigenvalue weighted by atomic mass is 16.5. The quantitative estimate of drug-likeness (QED) is 0.619. The molecule has 0 unspecified atom stereocenters. The lowest BCUT2D eigenvalue weighted by Gasteiger charge is -2.33. The van der Waals surface area contributed by atoms with Crippen LogP contribution in [0.3, 0.4) is 0 Å². The smallest absolute Gasteiger partial charge is 0.306 e. The van der Waals surface area contributed by atoms with Crippen LogP contribution in [-0.4, -0.2) is 56.6 Å². The molecular weight excluding hydrogens is 368 g/mol. The molecule has 152 valence electrons. The van der Waals surface area contributed by atoms with Crippen molar-refractivity contribution in [1.82, 2.24) is 24.4 Å². The Kier molecular flexibility index (Phi) is 5.76. The molecule has 0 radical (unpaired) electrons. The maximum atomic E-state index is 11.9. The average Bonchev–Trinajstić information content (AvgIpc) is 3.35. The van der Waals surface area contributed by atoms with Crippen molar-refractivity contribution >= 4 is 28.0 Å². The summed E-state index contributed by atoms with van der Waals surface area (Å²) in [4.78, 5) is 26.8. The van der Waals surface area contributed by atoms with Crippen molar-refractivity contribution in [2.45, 2.75) is 45.1 Å². The Hall–Kier alpha value is -2.92. The van der Waals surface area contributed by atoms with Crippen LogP contribution in [-0.2, 0) is 16.0 Å². The highest BCUT2D eigenvalue weighted by molar-refractivity contribution is 6.01. The Morgan fingerprint density at radius 1 is 1.41 bits per heavy atom. The number of H-pyrrole nitrogens is 1. The molecule has 0 aromatic carbocycles. The maximum Gasteiger partial charge on any atom is 0.306 e. The van der Waals surface area contributed by atoms with Crippen LogP contribution in [0.2, 0.25) is 0 Å². The summed E-state index contributed by atoms with van der Waals surface area (Å²) < 4.78 is 7.43. The summed E-state index contributed by atoms with van der Waals surface area (Å²) in [5.74, 6) is 0.723. The third-order valence-electron chi connectivity index (χ3n) is 5.63. The van der Waals surface area contributed by atoms with Crippen molar-refractivity contribution in [3.05, 3.63) is 24.3 Å². The van der Waals surface area contributed by atoms with E-state index >= 15 is 0 Å². The molecule has 1 aliphatic rings. The van der Waals surface area contributed by atoms with Gasteiger partial charge in [-0.2, -0.15) is 5.26 Å². The summed E-state index contributed by atoms with van der Waals surface area (Å²) in [5, 5.41) is 9.90. The number of esters is 1. The summed E-state index contributed by atoms with van der Waals surface area (Å²) in [5.41, 5.74) is 2.80. The molecule has 0 bridgehead atoms. The molecule has 3 aromatic heterocycles. The second kappa shape index (κ2) is 8.62. The molecule has 29 heavy (non-hydrogen) atoms. The van der Waals surface area contributed by atoms with E-state index in [1.807, 2.05) is 19.2 Å². The molecule has 0 amide bonds. The molecule has 1 N–H and O–H groups in total. The number of hydrogen-bond acceptors (Lipinski definition) is 6. The number of aryl methyl sites for hydroxylation is 1. The minimum Gasteiger partial charge on any atom is -0.466 e. The summed E-state index contributed by atoms with van der Waals surface area (Å²) in [6, 6.07) is 4.59. The second-order valence-electron chi connectivity index (χ2n) is 7.42. The molecule has 8 heteroatoms. The van der Waals surface area contributed by atoms with E-state index in [4.69, 9.17) is 15.0 Å². The van der Waals surface area contributed by atoms with E-state index in [1.54, 1.807) is 6.20 Å². The van der Waals surface area contributed by atoms with E-state index in [-0.39, 0.29) is 5.97 Å². The number of aromatic nitrogens is 4. The van der Waals surface area contributed by atoms with Gasteiger partial charge in [-0.1, -0.05) is 0 Å². The first-order valence-corrected chi connectivity index (χ1v) is 10.3. The number of carbonyl (C=O) groups is 1. The van der Waals surface area contributed by atoms with Gasteiger partial charge in [0.15, 0.2) is 0 Å². The summed E-state index contributed by atoms with van der Waals surface area (Å²) >= 11 is 0. The lowest BCUT2D eigenvalue weighted by atomic mass is 10.0. The number of hydrogen-bond donors (Lipinski definition) is 1. The van der Waals surface area contributed by atoms with Gasteiger partial charge in [0.1, 0.15) is 17.0 Å². The average molecular weight is 394 g/mol. The minimum absolute atomic E-state index is 0.192. The van der Waals surface area contributed by atoms with Gasteiger partial charge in [-0.15, -0.1) is 0 Å². The first-order valence-electron chi connectivity index (χ1n) is 10.3. The number of nitrogens with zero attached hydrogens (tertiary/aromatic N) is 5. The minimum atomic E-state index is -0.192. The van der Waals surface area contributed by atoms with Crippen LogP contribution in [0.25, 0.3) is 22.1 Å². The third kappa shape index (κ3) is 3.96. The molecule has 1 fully saturated rings. The highest BCUT2D eigenvalue weighted by Crippen LogP contribution is 2.32. The molecule has 0 aliphatic carbocycles. The molecule has 4 heterocycles. The van der Waals surface area contributed by atoms with Gasteiger partial charge in [0.25, 0.3) is 0 Å². The van der Waals surface area contributed by atoms with Gasteiger partial charge in [0.2, 0.25) is 0 Å². The fourth-order valence-electron chi connectivity index (χ4n) is 4.27. The van der Waals surface area contributed by atoms with Gasteiger partial charge >= 0.3 is 5.97 Å². The van der Waals surface area contributed by atoms with Crippen molar-refractivity contribution in [1.29, 1.82) is 5.26 Å². The van der Waals surface area contributed by atoms with Gasteiger partial charge in [0, 0.05) is 50.1 Å². The Bertz CT molecular complexity index is 1040. The molecular formula is C21H26N6O2. The number of piperidine rings is 1. The van der Waals surface area contributed by atoms with Gasteiger partial charge < -0.3 is 19.2 Å². The molecule has 8 nitrogen and oxygen atoms in total. The number of rotatable bonds is 7. The number of nitriles is 1. The topological polar surface area (TPSA) is 99.8 Å². The van der Waals surface area contributed by atoms with E-state index in [1.165, 1.54) is 0 Å². The SMILES string of the molecule is CCOC(=O)CCc1nc2cnc3[nH]ccc3c2n1C1CCN(CCC#N)CC1. The van der Waals surface area contributed by atoms with E-state index in [0.29, 0.717) is 31.9 Å². The largest absolute Gasteiger partial charge is 0.466 e. The zero-order chi connectivity index (χ0) is 20.2. The van der Waals surface area contributed by atoms with Gasteiger partial charge in [-0.3, -0.25) is 4.79 Å². The molecule has 3 aromatic rings. The Morgan fingerprint density at radius 2 is 2.24 bits per heavy atom. The van der Waals surface area contributed by atoms with Crippen LogP contribution in [0, 0.1) is 11.3 Å². The van der Waals surface area contributed by atoms with E-state index in [9.17, 15) is 4.79 Å². The van der Waals surface area contributed by atoms with Crippen molar-refractivity contribution in [2.24, 2.45) is 0 Å². The van der Waals surface area contributed by atoms with Crippen LogP contribution in [0.4, 0.5) is 0 Å². The van der Waals surface area contributed by atoms with Gasteiger partial charge in [-0.25, -0.2) is 9.97 Å². The number of imidazole rings is 1. The van der Waals surface area contributed by atoms with Crippen molar-refractivity contribution < 1.29 is 9.53 Å². The highest BCUT2D eigenvalue weighted by Gasteiger charge is 2.26. The van der Waals surface area contributed by atoms with E-state index in [0.717, 1.165) is 60.4 Å². The van der Waals surface area contributed by atoms with Crippen molar-refractivity contribution in [2.75, 3.05) is 26.2 Å². The number of carbonyl (C=O) groups excluding carboxylic acids is 1. The number of aromatic amines is 1. The molecule has 1 aliphatic heterocycles.